The van der Waals surface area contributed by atoms with Crippen LogP contribution in [0.15, 0.2) is 12.4 Å². The number of aryl methyl sites for hydroxylation is 1. The minimum Gasteiger partial charge on any atom is -0.479 e. The molecule has 0 fully saturated rings. The van der Waals surface area contributed by atoms with E-state index in [4.69, 9.17) is 9.84 Å². The molecule has 0 saturated carbocycles. The second kappa shape index (κ2) is 4.65. The van der Waals surface area contributed by atoms with E-state index in [2.05, 4.69) is 5.10 Å². The Morgan fingerprint density at radius 3 is 2.69 bits per heavy atom. The maximum atomic E-state index is 11.1. The highest BCUT2D eigenvalue weighted by Crippen LogP contribution is 2.28. The van der Waals surface area contributed by atoms with Crippen molar-refractivity contribution in [2.45, 2.75) is 38.8 Å². The van der Waals surface area contributed by atoms with Gasteiger partial charge in [-0.1, -0.05) is 13.8 Å². The molecule has 0 aliphatic rings. The molecule has 1 aromatic rings. The molecule has 5 heteroatoms. The highest BCUT2D eigenvalue weighted by molar-refractivity contribution is 5.74. The molecule has 0 aliphatic heterocycles. The number of rotatable bonds is 5. The second-order valence-corrected chi connectivity index (χ2v) is 4.26. The van der Waals surface area contributed by atoms with Crippen LogP contribution in [-0.4, -0.2) is 34.1 Å². The van der Waals surface area contributed by atoms with Crippen LogP contribution in [0.1, 0.15) is 26.3 Å². The number of aliphatic carboxylic acids is 1. The minimum absolute atomic E-state index is 0.603. The smallest absolute Gasteiger partial charge is 0.333 e. The third kappa shape index (κ3) is 2.24. The summed E-state index contributed by atoms with van der Waals surface area (Å²) in [6, 6.07) is 0. The van der Waals surface area contributed by atoms with Crippen LogP contribution in [0.2, 0.25) is 0 Å². The largest absolute Gasteiger partial charge is 0.479 e. The summed E-state index contributed by atoms with van der Waals surface area (Å²) in [6.07, 6.45) is 2.68. The Labute approximate surface area is 95.0 Å². The number of hydrogen-bond donors (Lipinski definition) is 1. The molecule has 0 amide bonds. The zero-order chi connectivity index (χ0) is 12.3. The van der Waals surface area contributed by atoms with Crippen molar-refractivity contribution in [1.29, 1.82) is 0 Å². The number of nitrogens with zero attached hydrogens (tertiary/aromatic N) is 2. The molecule has 0 radical (unpaired) electrons. The maximum Gasteiger partial charge on any atom is 0.333 e. The molecule has 5 nitrogen and oxygen atoms in total. The number of carboxylic acid groups (broad SMARTS) is 1. The van der Waals surface area contributed by atoms with Gasteiger partial charge < -0.3 is 9.84 Å². The van der Waals surface area contributed by atoms with Crippen molar-refractivity contribution in [3.05, 3.63) is 18.0 Å². The van der Waals surface area contributed by atoms with Crippen LogP contribution < -0.4 is 0 Å². The Morgan fingerprint density at radius 1 is 1.69 bits per heavy atom. The van der Waals surface area contributed by atoms with Crippen molar-refractivity contribution in [1.82, 2.24) is 9.78 Å². The summed E-state index contributed by atoms with van der Waals surface area (Å²) >= 11 is 0. The second-order valence-electron chi connectivity index (χ2n) is 4.26. The lowest BCUT2D eigenvalue weighted by atomic mass is 9.81. The highest BCUT2D eigenvalue weighted by Gasteiger charge is 2.37. The average Bonchev–Trinajstić information content (AvgIpc) is 2.66. The zero-order valence-corrected chi connectivity index (χ0v) is 10.1. The van der Waals surface area contributed by atoms with Gasteiger partial charge in [0, 0.05) is 25.3 Å². The van der Waals surface area contributed by atoms with E-state index in [9.17, 15) is 4.79 Å². The molecule has 0 spiro atoms. The monoisotopic (exact) mass is 226 g/mol. The van der Waals surface area contributed by atoms with Crippen molar-refractivity contribution < 1.29 is 14.6 Å². The van der Waals surface area contributed by atoms with Gasteiger partial charge in [0.2, 0.25) is 0 Å². The van der Waals surface area contributed by atoms with E-state index in [-0.39, 0.29) is 0 Å². The van der Waals surface area contributed by atoms with Gasteiger partial charge in [-0.05, 0) is 12.5 Å². The Hall–Kier alpha value is -1.36. The standard InChI is InChI=1S/C11H18N2O3/c1-5-13-7-8(6-12-13)11(2,3)9(16-4)10(14)15/h6-7,9H,5H2,1-4H3,(H,14,15). The van der Waals surface area contributed by atoms with Gasteiger partial charge in [-0.15, -0.1) is 0 Å². The van der Waals surface area contributed by atoms with Crippen molar-refractivity contribution in [2.75, 3.05) is 7.11 Å². The molecule has 1 unspecified atom stereocenters. The summed E-state index contributed by atoms with van der Waals surface area (Å²) in [7, 11) is 1.41. The van der Waals surface area contributed by atoms with Crippen LogP contribution in [0.3, 0.4) is 0 Å². The van der Waals surface area contributed by atoms with Crippen molar-refractivity contribution >= 4 is 5.97 Å². The fourth-order valence-corrected chi connectivity index (χ4v) is 1.72. The van der Waals surface area contributed by atoms with Crippen LogP contribution in [0.4, 0.5) is 0 Å². The lowest BCUT2D eigenvalue weighted by Crippen LogP contribution is -2.41. The van der Waals surface area contributed by atoms with Crippen LogP contribution in [-0.2, 0) is 21.5 Å². The molecule has 0 aliphatic carbocycles. The van der Waals surface area contributed by atoms with Gasteiger partial charge in [-0.2, -0.15) is 5.10 Å². The van der Waals surface area contributed by atoms with Crippen LogP contribution in [0.25, 0.3) is 0 Å². The predicted molar refractivity (Wildman–Crippen MR) is 59.4 cm³/mol. The molecule has 1 N–H and O–H groups in total. The highest BCUT2D eigenvalue weighted by atomic mass is 16.5. The SMILES string of the molecule is CCn1cc(C(C)(C)C(OC)C(=O)O)cn1. The Kier molecular flexibility index (Phi) is 3.70. The van der Waals surface area contributed by atoms with Crippen molar-refractivity contribution in [3.8, 4) is 0 Å². The quantitative estimate of drug-likeness (QED) is 0.821. The first-order chi connectivity index (χ1) is 7.43. The van der Waals surface area contributed by atoms with Crippen molar-refractivity contribution in [2.24, 2.45) is 0 Å². The predicted octanol–water partition coefficient (Wildman–Crippen LogP) is 1.28. The first-order valence-corrected chi connectivity index (χ1v) is 5.22. The van der Waals surface area contributed by atoms with Gasteiger partial charge in [0.25, 0.3) is 0 Å². The number of carbonyl (C=O) groups is 1. The third-order valence-corrected chi connectivity index (χ3v) is 2.82. The molecular formula is C11H18N2O3. The van der Waals surface area contributed by atoms with Gasteiger partial charge >= 0.3 is 5.97 Å². The minimum atomic E-state index is -0.961. The lowest BCUT2D eigenvalue weighted by Gasteiger charge is -2.29. The fourth-order valence-electron chi connectivity index (χ4n) is 1.72. The molecule has 1 rings (SSSR count). The van der Waals surface area contributed by atoms with Gasteiger partial charge in [0.05, 0.1) is 6.20 Å². The number of aromatic nitrogens is 2. The number of hydrogen-bond acceptors (Lipinski definition) is 3. The molecule has 0 bridgehead atoms. The average molecular weight is 226 g/mol. The molecule has 1 heterocycles. The Morgan fingerprint density at radius 2 is 2.31 bits per heavy atom. The summed E-state index contributed by atoms with van der Waals surface area (Å²) in [6.45, 7) is 6.42. The Bertz CT molecular complexity index is 371. The van der Waals surface area contributed by atoms with Gasteiger partial charge in [0.15, 0.2) is 6.10 Å². The zero-order valence-electron chi connectivity index (χ0n) is 10.1. The van der Waals surface area contributed by atoms with Gasteiger partial charge in [-0.25, -0.2) is 4.79 Å². The van der Waals surface area contributed by atoms with Crippen LogP contribution in [0, 0.1) is 0 Å². The van der Waals surface area contributed by atoms with Gasteiger partial charge in [-0.3, -0.25) is 4.68 Å². The van der Waals surface area contributed by atoms with E-state index < -0.39 is 17.5 Å². The first kappa shape index (κ1) is 12.7. The van der Waals surface area contributed by atoms with E-state index in [1.807, 2.05) is 27.0 Å². The molecule has 90 valence electrons. The lowest BCUT2D eigenvalue weighted by molar-refractivity contribution is -0.152. The molecule has 0 saturated heterocycles. The molecule has 1 aromatic heterocycles. The summed E-state index contributed by atoms with van der Waals surface area (Å²) in [5, 5.41) is 13.2. The summed E-state index contributed by atoms with van der Waals surface area (Å²) in [5.74, 6) is -0.961. The van der Waals surface area contributed by atoms with Crippen LogP contribution in [0.5, 0.6) is 0 Å². The molecule has 16 heavy (non-hydrogen) atoms. The van der Waals surface area contributed by atoms with E-state index >= 15 is 0 Å². The topological polar surface area (TPSA) is 64.3 Å². The van der Waals surface area contributed by atoms with Crippen LogP contribution >= 0.6 is 0 Å². The third-order valence-electron chi connectivity index (χ3n) is 2.82. The molecule has 1 atom stereocenters. The molecule has 0 aromatic carbocycles. The Balaban J connectivity index is 3.03. The van der Waals surface area contributed by atoms with E-state index in [1.54, 1.807) is 10.9 Å². The normalized spacial score (nSPS) is 13.8. The summed E-state index contributed by atoms with van der Waals surface area (Å²) in [4.78, 5) is 11.1. The summed E-state index contributed by atoms with van der Waals surface area (Å²) in [5.41, 5.74) is 0.261. The maximum absolute atomic E-state index is 11.1. The fraction of sp³-hybridized carbons (Fsp3) is 0.636. The van der Waals surface area contributed by atoms with E-state index in [1.165, 1.54) is 7.11 Å². The summed E-state index contributed by atoms with van der Waals surface area (Å²) < 4.78 is 6.81. The van der Waals surface area contributed by atoms with Gasteiger partial charge in [0.1, 0.15) is 0 Å². The van der Waals surface area contributed by atoms with E-state index in [0.717, 1.165) is 12.1 Å². The van der Waals surface area contributed by atoms with E-state index in [0.29, 0.717) is 0 Å². The number of methoxy groups -OCH3 is 1. The molecular weight excluding hydrogens is 208 g/mol. The number of ether oxygens (including phenoxy) is 1. The first-order valence-electron chi connectivity index (χ1n) is 5.22. The number of carboxylic acids is 1. The van der Waals surface area contributed by atoms with Crippen molar-refractivity contribution in [3.63, 3.8) is 0 Å².